The number of nitrogens with one attached hydrogen (secondary N) is 1. The molecule has 2 aromatic rings. The number of nitro benzene ring substituents is 1. The first kappa shape index (κ1) is 15.9. The molecule has 8 nitrogen and oxygen atoms in total. The van der Waals surface area contributed by atoms with Gasteiger partial charge >= 0.3 is 0 Å². The molecular weight excluding hydrogens is 322 g/mol. The molecule has 0 amide bonds. The highest BCUT2D eigenvalue weighted by atomic mass is 16.6. The second kappa shape index (κ2) is 5.73. The van der Waals surface area contributed by atoms with Crippen molar-refractivity contribution in [3.8, 4) is 11.1 Å². The van der Waals surface area contributed by atoms with Crippen molar-refractivity contribution in [2.75, 3.05) is 32.1 Å². The molecule has 1 aromatic heterocycles. The molecule has 3 heterocycles. The Bertz CT molecular complexity index is 892. The minimum absolute atomic E-state index is 0.0390. The van der Waals surface area contributed by atoms with Crippen LogP contribution in [0.2, 0.25) is 0 Å². The van der Waals surface area contributed by atoms with Crippen LogP contribution in [0.3, 0.4) is 0 Å². The van der Waals surface area contributed by atoms with Gasteiger partial charge in [-0.3, -0.25) is 24.7 Å². The molecule has 0 saturated carbocycles. The van der Waals surface area contributed by atoms with Crippen molar-refractivity contribution in [3.05, 3.63) is 44.4 Å². The normalized spacial score (nSPS) is 18.1. The van der Waals surface area contributed by atoms with Crippen molar-refractivity contribution in [2.24, 2.45) is 0 Å². The topological polar surface area (TPSA) is 87.4 Å². The molecule has 1 N–H and O–H groups in total. The Morgan fingerprint density at radius 3 is 2.64 bits per heavy atom. The van der Waals surface area contributed by atoms with E-state index >= 15 is 0 Å². The van der Waals surface area contributed by atoms with Crippen LogP contribution in [0.5, 0.6) is 0 Å². The molecule has 0 bridgehead atoms. The number of likely N-dealkylation sites (tertiary alicyclic amines) is 1. The van der Waals surface area contributed by atoms with Crippen molar-refractivity contribution in [3.63, 3.8) is 0 Å². The van der Waals surface area contributed by atoms with Gasteiger partial charge in [0, 0.05) is 18.7 Å². The average Bonchev–Trinajstić information content (AvgIpc) is 2.91. The molecule has 2 aliphatic rings. The number of piperidine rings is 1. The van der Waals surface area contributed by atoms with E-state index in [1.165, 1.54) is 6.07 Å². The minimum Gasteiger partial charge on any atom is -0.363 e. The van der Waals surface area contributed by atoms with Crippen molar-refractivity contribution in [1.82, 2.24) is 14.7 Å². The minimum atomic E-state index is -0.386. The first-order valence-corrected chi connectivity index (χ1v) is 8.48. The number of rotatable bonds is 2. The van der Waals surface area contributed by atoms with E-state index in [4.69, 9.17) is 0 Å². The molecule has 1 saturated heterocycles. The Hall–Kier alpha value is -2.61. The summed E-state index contributed by atoms with van der Waals surface area (Å²) in [5.74, 6) is 0. The number of benzene rings is 1. The van der Waals surface area contributed by atoms with Gasteiger partial charge in [0.25, 0.3) is 11.2 Å². The van der Waals surface area contributed by atoms with Crippen LogP contribution >= 0.6 is 0 Å². The molecule has 0 spiro atoms. The van der Waals surface area contributed by atoms with Gasteiger partial charge in [-0.2, -0.15) is 0 Å². The van der Waals surface area contributed by atoms with Crippen LogP contribution in [0, 0.1) is 10.1 Å². The molecule has 0 atom stereocenters. The average molecular weight is 343 g/mol. The molecule has 0 aliphatic carbocycles. The van der Waals surface area contributed by atoms with Gasteiger partial charge in [0.2, 0.25) is 0 Å². The van der Waals surface area contributed by atoms with Crippen molar-refractivity contribution < 1.29 is 4.92 Å². The summed E-state index contributed by atoms with van der Waals surface area (Å²) < 4.78 is 2.00. The van der Waals surface area contributed by atoms with Crippen LogP contribution in [0.4, 0.5) is 11.4 Å². The smallest absolute Gasteiger partial charge is 0.293 e. The fourth-order valence-electron chi connectivity index (χ4n) is 4.07. The molecule has 0 unspecified atom stereocenters. The van der Waals surface area contributed by atoms with Gasteiger partial charge in [0.1, 0.15) is 5.69 Å². The Morgan fingerprint density at radius 2 is 1.96 bits per heavy atom. The predicted octanol–water partition coefficient (Wildman–Crippen LogP) is 1.97. The maximum Gasteiger partial charge on any atom is 0.293 e. The summed E-state index contributed by atoms with van der Waals surface area (Å²) in [6.45, 7) is 2.48. The van der Waals surface area contributed by atoms with Crippen LogP contribution in [0.15, 0.2) is 23.0 Å². The Kier molecular flexibility index (Phi) is 3.64. The molecule has 8 heteroatoms. The van der Waals surface area contributed by atoms with E-state index in [1.807, 2.05) is 16.6 Å². The lowest BCUT2D eigenvalue weighted by Crippen LogP contribution is -2.33. The summed E-state index contributed by atoms with van der Waals surface area (Å²) in [4.78, 5) is 27.8. The summed E-state index contributed by atoms with van der Waals surface area (Å²) >= 11 is 0. The number of hydrogen-bond acceptors (Lipinski definition) is 5. The molecule has 2 aliphatic heterocycles. The van der Waals surface area contributed by atoms with Crippen molar-refractivity contribution in [1.29, 1.82) is 0 Å². The zero-order chi connectivity index (χ0) is 17.7. The van der Waals surface area contributed by atoms with E-state index in [0.717, 1.165) is 31.6 Å². The van der Waals surface area contributed by atoms with Gasteiger partial charge < -0.3 is 9.80 Å². The molecule has 25 heavy (non-hydrogen) atoms. The zero-order valence-electron chi connectivity index (χ0n) is 14.4. The SMILES string of the molecule is CN1CCC(n2[nH]c(=O)c3c2CN(C)c2c-3cccc2[N+](=O)[O-])CC1. The lowest BCUT2D eigenvalue weighted by Gasteiger charge is -2.33. The third-order valence-corrected chi connectivity index (χ3v) is 5.33. The fourth-order valence-corrected chi connectivity index (χ4v) is 4.07. The second-order valence-electron chi connectivity index (χ2n) is 6.95. The molecule has 0 radical (unpaired) electrons. The number of nitrogens with zero attached hydrogens (tertiary/aromatic N) is 4. The van der Waals surface area contributed by atoms with Gasteiger partial charge in [-0.1, -0.05) is 12.1 Å². The van der Waals surface area contributed by atoms with E-state index in [0.29, 0.717) is 23.4 Å². The fraction of sp³-hybridized carbons (Fsp3) is 0.471. The Balaban J connectivity index is 1.86. The Morgan fingerprint density at radius 1 is 1.24 bits per heavy atom. The number of anilines is 1. The molecule has 132 valence electrons. The van der Waals surface area contributed by atoms with Gasteiger partial charge in [0.15, 0.2) is 0 Å². The first-order chi connectivity index (χ1) is 12.0. The number of para-hydroxylation sites is 1. The number of aromatic amines is 1. The standard InChI is InChI=1S/C17H21N5O3/c1-19-8-6-11(7-9-19)21-14-10-20(2)16-12(15(14)17(23)18-21)4-3-5-13(16)22(24)25/h3-5,11H,6-10H2,1-2H3,(H,18,23). The van der Waals surface area contributed by atoms with Gasteiger partial charge in [-0.25, -0.2) is 0 Å². The van der Waals surface area contributed by atoms with Crippen molar-refractivity contribution in [2.45, 2.75) is 25.4 Å². The van der Waals surface area contributed by atoms with E-state index in [9.17, 15) is 14.9 Å². The van der Waals surface area contributed by atoms with Gasteiger partial charge in [-0.15, -0.1) is 0 Å². The number of hydrogen-bond donors (Lipinski definition) is 1. The summed E-state index contributed by atoms with van der Waals surface area (Å²) in [6.07, 6.45) is 1.97. The number of nitro groups is 1. The van der Waals surface area contributed by atoms with E-state index < -0.39 is 0 Å². The highest BCUT2D eigenvalue weighted by Gasteiger charge is 2.33. The predicted molar refractivity (Wildman–Crippen MR) is 95.0 cm³/mol. The highest BCUT2D eigenvalue weighted by Crippen LogP contribution is 2.43. The number of aromatic nitrogens is 2. The lowest BCUT2D eigenvalue weighted by atomic mass is 9.97. The molecule has 1 aromatic carbocycles. The molecule has 4 rings (SSSR count). The van der Waals surface area contributed by atoms with Crippen LogP contribution in [0.1, 0.15) is 24.6 Å². The number of H-pyrrole nitrogens is 1. The number of fused-ring (bicyclic) bond motifs is 3. The zero-order valence-corrected chi connectivity index (χ0v) is 14.4. The summed E-state index contributed by atoms with van der Waals surface area (Å²) in [7, 11) is 3.94. The highest BCUT2D eigenvalue weighted by molar-refractivity contribution is 5.88. The largest absolute Gasteiger partial charge is 0.363 e. The van der Waals surface area contributed by atoms with E-state index in [1.54, 1.807) is 12.1 Å². The summed E-state index contributed by atoms with van der Waals surface area (Å²) in [5, 5.41) is 14.4. The van der Waals surface area contributed by atoms with Crippen molar-refractivity contribution >= 4 is 11.4 Å². The maximum absolute atomic E-state index is 12.7. The van der Waals surface area contributed by atoms with Crippen LogP contribution in [-0.2, 0) is 6.54 Å². The molecular formula is C17H21N5O3. The monoisotopic (exact) mass is 343 g/mol. The van der Waals surface area contributed by atoms with Crippen LogP contribution in [0.25, 0.3) is 11.1 Å². The third-order valence-electron chi connectivity index (χ3n) is 5.33. The summed E-state index contributed by atoms with van der Waals surface area (Å²) in [6, 6.07) is 5.20. The lowest BCUT2D eigenvalue weighted by molar-refractivity contribution is -0.384. The van der Waals surface area contributed by atoms with Crippen LogP contribution < -0.4 is 10.5 Å². The third kappa shape index (κ3) is 2.44. The van der Waals surface area contributed by atoms with Gasteiger partial charge in [-0.05, 0) is 33.0 Å². The quantitative estimate of drug-likeness (QED) is 0.665. The van der Waals surface area contributed by atoms with Crippen LogP contribution in [-0.4, -0.2) is 46.8 Å². The molecule has 1 fully saturated rings. The Labute approximate surface area is 144 Å². The van der Waals surface area contributed by atoms with E-state index in [-0.39, 0.29) is 22.2 Å². The van der Waals surface area contributed by atoms with Gasteiger partial charge in [0.05, 0.1) is 28.8 Å². The van der Waals surface area contributed by atoms with E-state index in [2.05, 4.69) is 17.0 Å². The first-order valence-electron chi connectivity index (χ1n) is 8.48. The summed E-state index contributed by atoms with van der Waals surface area (Å²) in [5.41, 5.74) is 2.55. The second-order valence-corrected chi connectivity index (χ2v) is 6.95. The maximum atomic E-state index is 12.7.